The minimum absolute atomic E-state index is 0.348. The second kappa shape index (κ2) is 4.42. The maximum absolute atomic E-state index is 11.6. The van der Waals surface area contributed by atoms with Crippen molar-refractivity contribution in [3.63, 3.8) is 0 Å². The molecule has 0 unspecified atom stereocenters. The van der Waals surface area contributed by atoms with Gasteiger partial charge in [-0.1, -0.05) is 12.1 Å². The lowest BCUT2D eigenvalue weighted by atomic mass is 10.3. The molecule has 1 aromatic rings. The van der Waals surface area contributed by atoms with E-state index < -0.39 is 36.9 Å². The Morgan fingerprint density at radius 2 is 1.56 bits per heavy atom. The van der Waals surface area contributed by atoms with Crippen LogP contribution in [0.2, 0.25) is 0 Å². The molecule has 89 valence electrons. The molecule has 7 heteroatoms. The van der Waals surface area contributed by atoms with Crippen molar-refractivity contribution >= 4 is 19.7 Å². The summed E-state index contributed by atoms with van der Waals surface area (Å²) in [4.78, 5) is -0.348. The van der Waals surface area contributed by atoms with Gasteiger partial charge in [-0.05, 0) is 12.1 Å². The van der Waals surface area contributed by atoms with Gasteiger partial charge in [-0.25, -0.2) is 16.8 Å². The first kappa shape index (κ1) is 13.0. The van der Waals surface area contributed by atoms with Gasteiger partial charge in [0.05, 0.1) is 11.5 Å². The summed E-state index contributed by atoms with van der Waals surface area (Å²) in [6.07, 6.45) is 0.950. The Labute approximate surface area is 94.6 Å². The molecular formula is C9H11O5S2. The standard InChI is InChI=1S/C9H11O5S2/c1-15(11,12)6-7-16(13,14)9-5-3-2-4-8(9)10/h2-5H,6-7H2,1H3. The van der Waals surface area contributed by atoms with Gasteiger partial charge < -0.3 is 0 Å². The van der Waals surface area contributed by atoms with Crippen LogP contribution in [0.25, 0.3) is 0 Å². The van der Waals surface area contributed by atoms with Crippen LogP contribution in [-0.4, -0.2) is 34.6 Å². The van der Waals surface area contributed by atoms with Crippen LogP contribution >= 0.6 is 0 Å². The lowest BCUT2D eigenvalue weighted by Crippen LogP contribution is -2.16. The second-order valence-corrected chi connectivity index (χ2v) is 7.73. The fraction of sp³-hybridized carbons (Fsp3) is 0.333. The zero-order valence-electron chi connectivity index (χ0n) is 8.58. The largest absolute Gasteiger partial charge is 0.289 e. The molecule has 1 rings (SSSR count). The van der Waals surface area contributed by atoms with Crippen molar-refractivity contribution in [3.8, 4) is 5.75 Å². The molecule has 0 bridgehead atoms. The van der Waals surface area contributed by atoms with Crippen molar-refractivity contribution in [2.24, 2.45) is 0 Å². The van der Waals surface area contributed by atoms with E-state index in [1.54, 1.807) is 0 Å². The molecule has 1 aromatic carbocycles. The maximum Gasteiger partial charge on any atom is 0.197 e. The van der Waals surface area contributed by atoms with E-state index >= 15 is 0 Å². The highest BCUT2D eigenvalue weighted by atomic mass is 32.2. The first-order valence-electron chi connectivity index (χ1n) is 4.39. The van der Waals surface area contributed by atoms with Gasteiger partial charge in [0.15, 0.2) is 15.6 Å². The summed E-state index contributed by atoms with van der Waals surface area (Å²) in [5.41, 5.74) is 0. The Hall–Kier alpha value is -1.08. The molecule has 1 radical (unpaired) electrons. The Balaban J connectivity index is 3.01. The average molecular weight is 263 g/mol. The van der Waals surface area contributed by atoms with Crippen LogP contribution in [0.1, 0.15) is 0 Å². The highest BCUT2D eigenvalue weighted by Crippen LogP contribution is 2.23. The molecule has 0 heterocycles. The molecule has 0 amide bonds. The van der Waals surface area contributed by atoms with Crippen LogP contribution < -0.4 is 0 Å². The number of rotatable bonds is 4. The minimum atomic E-state index is -3.82. The van der Waals surface area contributed by atoms with Gasteiger partial charge in [0.2, 0.25) is 0 Å². The van der Waals surface area contributed by atoms with Crippen LogP contribution in [0.4, 0.5) is 0 Å². The molecule has 5 nitrogen and oxygen atoms in total. The zero-order valence-corrected chi connectivity index (χ0v) is 10.2. The van der Waals surface area contributed by atoms with E-state index in [1.807, 2.05) is 0 Å². The molecule has 0 N–H and O–H groups in total. The highest BCUT2D eigenvalue weighted by molar-refractivity contribution is 7.94. The normalized spacial score (nSPS) is 12.6. The molecule has 0 fully saturated rings. The second-order valence-electron chi connectivity index (χ2n) is 3.40. The van der Waals surface area contributed by atoms with Gasteiger partial charge in [-0.2, -0.15) is 0 Å². The fourth-order valence-corrected chi connectivity index (χ4v) is 4.05. The molecule has 0 saturated heterocycles. The summed E-state index contributed by atoms with van der Waals surface area (Å²) in [5, 5.41) is 11.3. The molecule has 16 heavy (non-hydrogen) atoms. The van der Waals surface area contributed by atoms with Gasteiger partial charge >= 0.3 is 0 Å². The van der Waals surface area contributed by atoms with Gasteiger partial charge in [-0.15, -0.1) is 0 Å². The van der Waals surface area contributed by atoms with E-state index in [-0.39, 0.29) is 4.90 Å². The molecule has 0 spiro atoms. The first-order chi connectivity index (χ1) is 7.22. The SMILES string of the molecule is CS(=O)(=O)CCS(=O)(=O)c1ccccc1[O]. The van der Waals surface area contributed by atoms with Crippen LogP contribution in [0.15, 0.2) is 29.2 Å². The molecule has 0 aliphatic rings. The molecule has 0 aliphatic heterocycles. The zero-order chi connectivity index (χ0) is 12.4. The monoisotopic (exact) mass is 263 g/mol. The number of hydrogen-bond acceptors (Lipinski definition) is 4. The highest BCUT2D eigenvalue weighted by Gasteiger charge is 2.21. The van der Waals surface area contributed by atoms with E-state index in [9.17, 15) is 21.9 Å². The van der Waals surface area contributed by atoms with E-state index in [0.29, 0.717) is 0 Å². The van der Waals surface area contributed by atoms with E-state index in [1.165, 1.54) is 18.2 Å². The topological polar surface area (TPSA) is 88.2 Å². The molecule has 0 saturated carbocycles. The predicted octanol–water partition coefficient (Wildman–Crippen LogP) is 0.649. The van der Waals surface area contributed by atoms with Crippen molar-refractivity contribution in [2.45, 2.75) is 4.90 Å². The third-order valence-corrected chi connectivity index (χ3v) is 4.86. The molecule has 0 aliphatic carbocycles. The number of para-hydroxylation sites is 1. The van der Waals surface area contributed by atoms with E-state index in [2.05, 4.69) is 0 Å². The molecule has 0 aromatic heterocycles. The average Bonchev–Trinajstić information content (AvgIpc) is 2.14. The van der Waals surface area contributed by atoms with Gasteiger partial charge in [0.1, 0.15) is 14.7 Å². The summed E-state index contributed by atoms with van der Waals surface area (Å²) in [5.74, 6) is -1.66. The fourth-order valence-electron chi connectivity index (χ4n) is 1.08. The summed E-state index contributed by atoms with van der Waals surface area (Å²) in [7, 11) is -7.18. The first-order valence-corrected chi connectivity index (χ1v) is 8.10. The smallest absolute Gasteiger partial charge is 0.197 e. The van der Waals surface area contributed by atoms with Crippen molar-refractivity contribution in [1.29, 1.82) is 0 Å². The van der Waals surface area contributed by atoms with Gasteiger partial charge in [0, 0.05) is 6.26 Å². The van der Waals surface area contributed by atoms with Crippen molar-refractivity contribution in [1.82, 2.24) is 0 Å². The Kier molecular flexibility index (Phi) is 3.59. The molecular weight excluding hydrogens is 252 g/mol. The Morgan fingerprint density at radius 3 is 2.06 bits per heavy atom. The third-order valence-electron chi connectivity index (χ3n) is 1.91. The lowest BCUT2D eigenvalue weighted by molar-refractivity contribution is 0.343. The predicted molar refractivity (Wildman–Crippen MR) is 58.3 cm³/mol. The van der Waals surface area contributed by atoms with Crippen molar-refractivity contribution < 1.29 is 21.9 Å². The lowest BCUT2D eigenvalue weighted by Gasteiger charge is -2.03. The molecule has 0 atom stereocenters. The van der Waals surface area contributed by atoms with Crippen molar-refractivity contribution in [3.05, 3.63) is 24.3 Å². The summed E-state index contributed by atoms with van der Waals surface area (Å²) in [6, 6.07) is 5.17. The van der Waals surface area contributed by atoms with Crippen LogP contribution in [-0.2, 0) is 24.8 Å². The van der Waals surface area contributed by atoms with Crippen molar-refractivity contribution in [2.75, 3.05) is 17.8 Å². The van der Waals surface area contributed by atoms with E-state index in [0.717, 1.165) is 12.3 Å². The minimum Gasteiger partial charge on any atom is -0.289 e. The number of sulfone groups is 2. The van der Waals surface area contributed by atoms with Crippen LogP contribution in [0, 0.1) is 0 Å². The third kappa shape index (κ3) is 3.49. The summed E-state index contributed by atoms with van der Waals surface area (Å²) in [6.45, 7) is 0. The maximum atomic E-state index is 11.6. The Morgan fingerprint density at radius 1 is 1.00 bits per heavy atom. The van der Waals surface area contributed by atoms with Gasteiger partial charge in [-0.3, -0.25) is 5.11 Å². The summed E-state index contributed by atoms with van der Waals surface area (Å²) >= 11 is 0. The summed E-state index contributed by atoms with van der Waals surface area (Å²) < 4.78 is 45.0. The number of hydrogen-bond donors (Lipinski definition) is 0. The van der Waals surface area contributed by atoms with Gasteiger partial charge in [0.25, 0.3) is 0 Å². The quantitative estimate of drug-likeness (QED) is 0.797. The van der Waals surface area contributed by atoms with Crippen LogP contribution in [0.5, 0.6) is 5.75 Å². The van der Waals surface area contributed by atoms with Crippen LogP contribution in [0.3, 0.4) is 0 Å². The number of benzene rings is 1. The Bertz CT molecular complexity index is 572. The van der Waals surface area contributed by atoms with E-state index in [4.69, 9.17) is 0 Å².